The van der Waals surface area contributed by atoms with E-state index in [2.05, 4.69) is 10.6 Å². The molecule has 0 aliphatic carbocycles. The molecular formula is C12H21N3O4. The van der Waals surface area contributed by atoms with Gasteiger partial charge in [0.15, 0.2) is 0 Å². The van der Waals surface area contributed by atoms with Crippen molar-refractivity contribution in [3.05, 3.63) is 0 Å². The molecule has 19 heavy (non-hydrogen) atoms. The van der Waals surface area contributed by atoms with Crippen molar-refractivity contribution >= 4 is 17.9 Å². The van der Waals surface area contributed by atoms with E-state index >= 15 is 0 Å². The van der Waals surface area contributed by atoms with Crippen LogP contribution in [0, 0.1) is 11.8 Å². The number of hydrogen-bond donors (Lipinski definition) is 3. The molecule has 0 aromatic rings. The fourth-order valence-electron chi connectivity index (χ4n) is 2.17. The third-order valence-corrected chi connectivity index (χ3v) is 3.16. The van der Waals surface area contributed by atoms with E-state index < -0.39 is 23.8 Å². The summed E-state index contributed by atoms with van der Waals surface area (Å²) in [5, 5.41) is 13.7. The molecule has 0 aromatic carbocycles. The van der Waals surface area contributed by atoms with E-state index in [1.807, 2.05) is 13.8 Å². The van der Waals surface area contributed by atoms with Gasteiger partial charge in [0.2, 0.25) is 5.91 Å². The number of nitrogens with zero attached hydrogens (tertiary/aromatic N) is 1. The molecule has 7 nitrogen and oxygen atoms in total. The number of aliphatic carboxylic acids is 1. The fourth-order valence-corrected chi connectivity index (χ4v) is 2.17. The molecule has 1 rings (SSSR count). The van der Waals surface area contributed by atoms with E-state index in [-0.39, 0.29) is 12.5 Å². The molecular weight excluding hydrogens is 250 g/mol. The molecule has 0 radical (unpaired) electrons. The molecule has 0 spiro atoms. The molecule has 0 bridgehead atoms. The van der Waals surface area contributed by atoms with Crippen molar-refractivity contribution in [1.82, 2.24) is 15.5 Å². The highest BCUT2D eigenvalue weighted by atomic mass is 16.4. The fraction of sp³-hybridized carbons (Fsp3) is 0.750. The monoisotopic (exact) mass is 271 g/mol. The Bertz CT molecular complexity index is 359. The van der Waals surface area contributed by atoms with E-state index in [1.165, 1.54) is 0 Å². The first kappa shape index (κ1) is 15.4. The molecule has 2 atom stereocenters. The van der Waals surface area contributed by atoms with Crippen LogP contribution in [0.1, 0.15) is 20.3 Å². The lowest BCUT2D eigenvalue weighted by Gasteiger charge is -2.14. The maximum absolute atomic E-state index is 11.6. The van der Waals surface area contributed by atoms with Crippen LogP contribution in [0.3, 0.4) is 0 Å². The van der Waals surface area contributed by atoms with Gasteiger partial charge in [0.25, 0.3) is 0 Å². The van der Waals surface area contributed by atoms with E-state index in [4.69, 9.17) is 5.11 Å². The number of likely N-dealkylation sites (tertiary alicyclic amines) is 1. The number of rotatable bonds is 5. The average Bonchev–Trinajstić information content (AvgIpc) is 2.67. The standard InChI is InChI=1S/C12H21N3O4/c1-3-4-13-12(19)14-10(16)7-15-5-8(2)9(6-15)11(17)18/h8-9H,3-7H2,1-2H3,(H,17,18)(H2,13,14,16,19)/t8-,9-/m1/s1. The Labute approximate surface area is 112 Å². The summed E-state index contributed by atoms with van der Waals surface area (Å²) in [5.41, 5.74) is 0. The number of carbonyl (C=O) groups is 3. The molecule has 0 aromatic heterocycles. The predicted molar refractivity (Wildman–Crippen MR) is 68.6 cm³/mol. The van der Waals surface area contributed by atoms with Gasteiger partial charge in [-0.05, 0) is 12.3 Å². The zero-order valence-electron chi connectivity index (χ0n) is 11.3. The normalized spacial score (nSPS) is 23.1. The number of carboxylic acids is 1. The summed E-state index contributed by atoms with van der Waals surface area (Å²) >= 11 is 0. The summed E-state index contributed by atoms with van der Waals surface area (Å²) in [7, 11) is 0. The third-order valence-electron chi connectivity index (χ3n) is 3.16. The highest BCUT2D eigenvalue weighted by molar-refractivity contribution is 5.95. The smallest absolute Gasteiger partial charge is 0.321 e. The molecule has 1 aliphatic heterocycles. The van der Waals surface area contributed by atoms with E-state index in [9.17, 15) is 14.4 Å². The average molecular weight is 271 g/mol. The first-order valence-electron chi connectivity index (χ1n) is 6.46. The van der Waals surface area contributed by atoms with Crippen molar-refractivity contribution in [1.29, 1.82) is 0 Å². The number of carboxylic acid groups (broad SMARTS) is 1. The van der Waals surface area contributed by atoms with Gasteiger partial charge in [-0.2, -0.15) is 0 Å². The van der Waals surface area contributed by atoms with Crippen LogP contribution in [-0.2, 0) is 9.59 Å². The maximum Gasteiger partial charge on any atom is 0.321 e. The lowest BCUT2D eigenvalue weighted by atomic mass is 9.99. The van der Waals surface area contributed by atoms with Gasteiger partial charge in [0.05, 0.1) is 12.5 Å². The van der Waals surface area contributed by atoms with Gasteiger partial charge in [-0.3, -0.25) is 19.8 Å². The van der Waals surface area contributed by atoms with Gasteiger partial charge in [-0.1, -0.05) is 13.8 Å². The van der Waals surface area contributed by atoms with E-state index in [1.54, 1.807) is 4.90 Å². The summed E-state index contributed by atoms with van der Waals surface area (Å²) in [5.74, 6) is -1.68. The quantitative estimate of drug-likeness (QED) is 0.647. The second kappa shape index (κ2) is 7.08. The van der Waals surface area contributed by atoms with Crippen molar-refractivity contribution in [2.24, 2.45) is 11.8 Å². The van der Waals surface area contributed by atoms with Crippen LogP contribution in [-0.4, -0.2) is 54.1 Å². The summed E-state index contributed by atoms with van der Waals surface area (Å²) in [4.78, 5) is 35.6. The van der Waals surface area contributed by atoms with Crippen LogP contribution in [0.25, 0.3) is 0 Å². The number of hydrogen-bond acceptors (Lipinski definition) is 4. The zero-order chi connectivity index (χ0) is 14.4. The Morgan fingerprint density at radius 3 is 2.53 bits per heavy atom. The molecule has 3 N–H and O–H groups in total. The van der Waals surface area contributed by atoms with Gasteiger partial charge in [-0.15, -0.1) is 0 Å². The Hall–Kier alpha value is -1.63. The molecule has 1 heterocycles. The number of amides is 3. The summed E-state index contributed by atoms with van der Waals surface area (Å²) in [6.45, 7) is 5.24. The minimum Gasteiger partial charge on any atom is -0.481 e. The predicted octanol–water partition coefficient (Wildman–Crippen LogP) is -0.125. The van der Waals surface area contributed by atoms with Crippen molar-refractivity contribution in [3.8, 4) is 0 Å². The second-order valence-electron chi connectivity index (χ2n) is 4.92. The summed E-state index contributed by atoms with van der Waals surface area (Å²) in [6.07, 6.45) is 0.797. The molecule has 3 amide bonds. The molecule has 7 heteroatoms. The largest absolute Gasteiger partial charge is 0.481 e. The highest BCUT2D eigenvalue weighted by Crippen LogP contribution is 2.22. The second-order valence-corrected chi connectivity index (χ2v) is 4.92. The topological polar surface area (TPSA) is 98.7 Å². The molecule has 0 saturated carbocycles. The van der Waals surface area contributed by atoms with Crippen molar-refractivity contribution < 1.29 is 19.5 Å². The lowest BCUT2D eigenvalue weighted by Crippen LogP contribution is -2.44. The van der Waals surface area contributed by atoms with Crippen molar-refractivity contribution in [2.45, 2.75) is 20.3 Å². The van der Waals surface area contributed by atoms with Crippen LogP contribution >= 0.6 is 0 Å². The Morgan fingerprint density at radius 1 is 1.32 bits per heavy atom. The SMILES string of the molecule is CCCNC(=O)NC(=O)CN1C[C@@H](C)[C@H](C(=O)O)C1. The first-order valence-corrected chi connectivity index (χ1v) is 6.46. The third kappa shape index (κ3) is 4.86. The molecule has 1 aliphatic rings. The van der Waals surface area contributed by atoms with Crippen molar-refractivity contribution in [2.75, 3.05) is 26.2 Å². The van der Waals surface area contributed by atoms with Crippen LogP contribution in [0.4, 0.5) is 4.79 Å². The molecule has 108 valence electrons. The number of carbonyl (C=O) groups excluding carboxylic acids is 2. The van der Waals surface area contributed by atoms with Crippen LogP contribution in [0.2, 0.25) is 0 Å². The van der Waals surface area contributed by atoms with Crippen LogP contribution in [0.5, 0.6) is 0 Å². The van der Waals surface area contributed by atoms with Gasteiger partial charge >= 0.3 is 12.0 Å². The number of imide groups is 1. The van der Waals surface area contributed by atoms with E-state index in [0.717, 1.165) is 6.42 Å². The van der Waals surface area contributed by atoms with Crippen LogP contribution in [0.15, 0.2) is 0 Å². The van der Waals surface area contributed by atoms with Crippen LogP contribution < -0.4 is 10.6 Å². The maximum atomic E-state index is 11.6. The van der Waals surface area contributed by atoms with Gasteiger partial charge in [0.1, 0.15) is 0 Å². The minimum atomic E-state index is -0.837. The number of nitrogens with one attached hydrogen (secondary N) is 2. The van der Waals surface area contributed by atoms with Gasteiger partial charge in [-0.25, -0.2) is 4.79 Å². The molecule has 1 fully saturated rings. The highest BCUT2D eigenvalue weighted by Gasteiger charge is 2.35. The lowest BCUT2D eigenvalue weighted by molar-refractivity contribution is -0.142. The number of urea groups is 1. The van der Waals surface area contributed by atoms with E-state index in [0.29, 0.717) is 19.6 Å². The van der Waals surface area contributed by atoms with Gasteiger partial charge in [0, 0.05) is 19.6 Å². The summed E-state index contributed by atoms with van der Waals surface area (Å²) in [6, 6.07) is -0.506. The Kier molecular flexibility index (Phi) is 5.75. The molecule has 0 unspecified atom stereocenters. The van der Waals surface area contributed by atoms with Crippen molar-refractivity contribution in [3.63, 3.8) is 0 Å². The van der Waals surface area contributed by atoms with Gasteiger partial charge < -0.3 is 10.4 Å². The Morgan fingerprint density at radius 2 is 2.00 bits per heavy atom. The minimum absolute atomic E-state index is 0.0132. The summed E-state index contributed by atoms with van der Waals surface area (Å²) < 4.78 is 0. The first-order chi connectivity index (χ1) is 8.93. The molecule has 1 saturated heterocycles. The zero-order valence-corrected chi connectivity index (χ0v) is 11.3. The Balaban J connectivity index is 2.34.